The zero-order valence-electron chi connectivity index (χ0n) is 16.3. The largest absolute Gasteiger partial charge is 0.504 e. The average Bonchev–Trinajstić information content (AvgIpc) is 3.40. The smallest absolute Gasteiger partial charge is 0.347 e. The summed E-state index contributed by atoms with van der Waals surface area (Å²) >= 11 is 1.40. The van der Waals surface area contributed by atoms with Crippen molar-refractivity contribution in [3.05, 3.63) is 70.7 Å². The number of benzene rings is 2. The van der Waals surface area contributed by atoms with Crippen LogP contribution < -0.4 is 15.3 Å². The number of phenolic OH excluding ortho intramolecular Hbond substituents is 1. The monoisotopic (exact) mass is 436 g/mol. The highest BCUT2D eigenvalue weighted by molar-refractivity contribution is 8.00. The van der Waals surface area contributed by atoms with Crippen LogP contribution in [0.15, 0.2) is 68.4 Å². The van der Waals surface area contributed by atoms with Crippen molar-refractivity contribution in [1.29, 1.82) is 0 Å². The van der Waals surface area contributed by atoms with E-state index in [4.69, 9.17) is 13.6 Å². The lowest BCUT2D eigenvalue weighted by Crippen LogP contribution is -2.28. The number of nitrogens with zero attached hydrogens (tertiary/aromatic N) is 2. The van der Waals surface area contributed by atoms with Crippen LogP contribution in [0.25, 0.3) is 22.3 Å². The molecular formula is C22H16N2O6S. The summed E-state index contributed by atoms with van der Waals surface area (Å²) in [6, 6.07) is 13.8. The Hall–Kier alpha value is -3.72. The summed E-state index contributed by atoms with van der Waals surface area (Å²) in [6.45, 7) is 0. The molecule has 4 aromatic rings. The molecular weight excluding hydrogens is 420 g/mol. The van der Waals surface area contributed by atoms with Crippen molar-refractivity contribution in [1.82, 2.24) is 4.98 Å². The molecule has 5 rings (SSSR count). The number of phenols is 1. The minimum absolute atomic E-state index is 0.00793. The van der Waals surface area contributed by atoms with Crippen LogP contribution in [0.4, 0.5) is 6.01 Å². The Morgan fingerprint density at radius 3 is 2.84 bits per heavy atom. The molecule has 8 nitrogen and oxygen atoms in total. The summed E-state index contributed by atoms with van der Waals surface area (Å²) in [5.41, 5.74) is 0.891. The van der Waals surface area contributed by atoms with Crippen molar-refractivity contribution in [2.75, 3.05) is 17.8 Å². The third-order valence-electron chi connectivity index (χ3n) is 4.96. The van der Waals surface area contributed by atoms with E-state index in [-0.39, 0.29) is 34.7 Å². The molecule has 0 bridgehead atoms. The number of carbonyl (C=O) groups excluding carboxylic acids is 1. The Morgan fingerprint density at radius 1 is 1.16 bits per heavy atom. The number of para-hydroxylation sites is 1. The van der Waals surface area contributed by atoms with Gasteiger partial charge in [0.25, 0.3) is 0 Å². The number of aromatic hydroxyl groups is 1. The summed E-state index contributed by atoms with van der Waals surface area (Å²) in [5.74, 6) is 0.582. The molecule has 1 atom stereocenters. The molecule has 9 heteroatoms. The first-order valence-electron chi connectivity index (χ1n) is 9.35. The van der Waals surface area contributed by atoms with Gasteiger partial charge in [-0.05, 0) is 29.8 Å². The van der Waals surface area contributed by atoms with Crippen molar-refractivity contribution < 1.29 is 23.5 Å². The number of aromatic nitrogens is 1. The number of hydrogen-bond donors (Lipinski definition) is 1. The number of oxazole rings is 1. The van der Waals surface area contributed by atoms with Crippen LogP contribution in [0.2, 0.25) is 0 Å². The second-order valence-corrected chi connectivity index (χ2v) is 7.92. The number of ether oxygens (including phenoxy) is 1. The summed E-state index contributed by atoms with van der Waals surface area (Å²) in [7, 11) is 1.46. The van der Waals surface area contributed by atoms with E-state index < -0.39 is 11.0 Å². The lowest BCUT2D eigenvalue weighted by Gasteiger charge is -2.21. The summed E-state index contributed by atoms with van der Waals surface area (Å²) in [4.78, 5) is 30.7. The Kier molecular flexibility index (Phi) is 4.67. The van der Waals surface area contributed by atoms with Gasteiger partial charge < -0.3 is 18.7 Å². The van der Waals surface area contributed by atoms with Crippen LogP contribution in [0, 0.1) is 0 Å². The third kappa shape index (κ3) is 3.32. The van der Waals surface area contributed by atoms with Gasteiger partial charge in [-0.2, -0.15) is 0 Å². The zero-order valence-corrected chi connectivity index (χ0v) is 17.1. The van der Waals surface area contributed by atoms with Crippen LogP contribution in [0.5, 0.6) is 11.5 Å². The van der Waals surface area contributed by atoms with Crippen LogP contribution in [0.3, 0.4) is 0 Å². The van der Waals surface area contributed by atoms with Crippen molar-refractivity contribution in [2.24, 2.45) is 0 Å². The Morgan fingerprint density at radius 2 is 2.00 bits per heavy atom. The molecule has 0 aliphatic carbocycles. The molecule has 1 aliphatic rings. The average molecular weight is 436 g/mol. The van der Waals surface area contributed by atoms with Gasteiger partial charge in [-0.1, -0.05) is 24.3 Å². The van der Waals surface area contributed by atoms with Gasteiger partial charge in [-0.3, -0.25) is 4.79 Å². The van der Waals surface area contributed by atoms with Gasteiger partial charge in [0.15, 0.2) is 17.3 Å². The molecule has 1 unspecified atom stereocenters. The van der Waals surface area contributed by atoms with E-state index in [1.165, 1.54) is 36.0 Å². The first kappa shape index (κ1) is 19.3. The second-order valence-electron chi connectivity index (χ2n) is 6.85. The number of fused-ring (bicyclic) bond motifs is 1. The minimum atomic E-state index is -0.552. The molecule has 2 aromatic heterocycles. The molecule has 0 radical (unpaired) electrons. The highest BCUT2D eigenvalue weighted by Crippen LogP contribution is 2.44. The highest BCUT2D eigenvalue weighted by atomic mass is 32.2. The SMILES string of the molecule is COc1cc(C2SCC(=O)N2c2ncc(-c3cc4ccccc4oc3=O)o2)ccc1O. The minimum Gasteiger partial charge on any atom is -0.504 e. The van der Waals surface area contributed by atoms with E-state index in [9.17, 15) is 14.7 Å². The fourth-order valence-corrected chi connectivity index (χ4v) is 4.60. The number of amides is 1. The number of hydrogen-bond acceptors (Lipinski definition) is 8. The number of methoxy groups -OCH3 is 1. The van der Waals surface area contributed by atoms with Gasteiger partial charge >= 0.3 is 11.6 Å². The highest BCUT2D eigenvalue weighted by Gasteiger charge is 2.37. The van der Waals surface area contributed by atoms with Crippen molar-refractivity contribution in [3.63, 3.8) is 0 Å². The maximum Gasteiger partial charge on any atom is 0.347 e. The van der Waals surface area contributed by atoms with E-state index in [0.717, 1.165) is 10.9 Å². The topological polar surface area (TPSA) is 106 Å². The molecule has 0 spiro atoms. The zero-order chi connectivity index (χ0) is 21.5. The first-order chi connectivity index (χ1) is 15.0. The van der Waals surface area contributed by atoms with E-state index in [0.29, 0.717) is 11.3 Å². The Labute approximate surface area is 180 Å². The van der Waals surface area contributed by atoms with Gasteiger partial charge in [0.1, 0.15) is 16.5 Å². The molecule has 1 aliphatic heterocycles. The summed E-state index contributed by atoms with van der Waals surface area (Å²) in [5, 5.41) is 10.2. The standard InChI is InChI=1S/C22H16N2O6S/c1-28-17-9-13(6-7-15(17)25)20-24(19(26)11-31-20)22-23-10-18(30-22)14-8-12-4-2-3-5-16(12)29-21(14)27/h2-10,20,25H,11H2,1H3. The molecule has 31 heavy (non-hydrogen) atoms. The predicted octanol–water partition coefficient (Wildman–Crippen LogP) is 3.94. The van der Waals surface area contributed by atoms with Gasteiger partial charge in [-0.25, -0.2) is 14.7 Å². The quantitative estimate of drug-likeness (QED) is 0.480. The maximum absolute atomic E-state index is 12.6. The lowest BCUT2D eigenvalue weighted by molar-refractivity contribution is -0.116. The van der Waals surface area contributed by atoms with Crippen molar-refractivity contribution >= 4 is 34.7 Å². The van der Waals surface area contributed by atoms with Crippen molar-refractivity contribution in [3.8, 4) is 22.8 Å². The number of thioether (sulfide) groups is 1. The first-order valence-corrected chi connectivity index (χ1v) is 10.4. The molecule has 1 fully saturated rings. The van der Waals surface area contributed by atoms with Crippen molar-refractivity contribution in [2.45, 2.75) is 5.37 Å². The van der Waals surface area contributed by atoms with Gasteiger partial charge in [0, 0.05) is 5.39 Å². The van der Waals surface area contributed by atoms with E-state index in [1.54, 1.807) is 30.3 Å². The van der Waals surface area contributed by atoms with Gasteiger partial charge in [0.05, 0.1) is 19.1 Å². The fraction of sp³-hybridized carbons (Fsp3) is 0.136. The lowest BCUT2D eigenvalue weighted by atomic mass is 10.1. The van der Waals surface area contributed by atoms with Crippen LogP contribution in [-0.2, 0) is 4.79 Å². The Bertz CT molecular complexity index is 1360. The molecule has 156 valence electrons. The molecule has 0 saturated carbocycles. The van der Waals surface area contributed by atoms with Crippen LogP contribution in [0.1, 0.15) is 10.9 Å². The Balaban J connectivity index is 1.53. The molecule has 2 aromatic carbocycles. The number of anilines is 1. The summed E-state index contributed by atoms with van der Waals surface area (Å²) < 4.78 is 16.4. The second kappa shape index (κ2) is 7.51. The predicted molar refractivity (Wildman–Crippen MR) is 115 cm³/mol. The molecule has 1 N–H and O–H groups in total. The van der Waals surface area contributed by atoms with Crippen LogP contribution in [-0.4, -0.2) is 28.9 Å². The van der Waals surface area contributed by atoms with Gasteiger partial charge in [0.2, 0.25) is 5.91 Å². The number of carbonyl (C=O) groups is 1. The molecule has 3 heterocycles. The fourth-order valence-electron chi connectivity index (χ4n) is 3.46. The van der Waals surface area contributed by atoms with E-state index >= 15 is 0 Å². The maximum atomic E-state index is 12.6. The molecule has 1 saturated heterocycles. The number of rotatable bonds is 4. The third-order valence-corrected chi connectivity index (χ3v) is 6.18. The molecule has 1 amide bonds. The van der Waals surface area contributed by atoms with E-state index in [1.807, 2.05) is 12.1 Å². The van der Waals surface area contributed by atoms with Gasteiger partial charge in [-0.15, -0.1) is 11.8 Å². The summed E-state index contributed by atoms with van der Waals surface area (Å²) in [6.07, 6.45) is 1.40. The van der Waals surface area contributed by atoms with Crippen LogP contribution >= 0.6 is 11.8 Å². The van der Waals surface area contributed by atoms with E-state index in [2.05, 4.69) is 4.98 Å². The normalized spacial score (nSPS) is 16.2.